The number of nitrogens with zero attached hydrogens (tertiary/aromatic N) is 3. The van der Waals surface area contributed by atoms with Crippen LogP contribution in [0, 0.1) is 0 Å². The molecule has 1 amide bonds. The van der Waals surface area contributed by atoms with Crippen LogP contribution in [0.4, 0.5) is 5.69 Å². The molecule has 148 valence electrons. The highest BCUT2D eigenvalue weighted by molar-refractivity contribution is 6.43. The summed E-state index contributed by atoms with van der Waals surface area (Å²) in [6, 6.07) is 11.5. The molecule has 0 unspecified atom stereocenters. The van der Waals surface area contributed by atoms with Crippen molar-refractivity contribution in [3.8, 4) is 5.75 Å². The summed E-state index contributed by atoms with van der Waals surface area (Å²) in [6.45, 7) is 5.94. The minimum atomic E-state index is 0.0956. The Morgan fingerprint density at radius 3 is 2.57 bits per heavy atom. The van der Waals surface area contributed by atoms with Crippen molar-refractivity contribution < 1.29 is 9.53 Å². The molecule has 0 aliphatic carbocycles. The average molecular weight is 420 g/mol. The number of rotatable bonds is 5. The molecule has 5 nitrogen and oxygen atoms in total. The molecule has 2 aromatic rings. The summed E-state index contributed by atoms with van der Waals surface area (Å²) in [4.78, 5) is 19.2. The number of methoxy groups -OCH3 is 1. The van der Waals surface area contributed by atoms with Gasteiger partial charge in [0.15, 0.2) is 0 Å². The number of carbonyl (C=O) groups is 1. The fourth-order valence-electron chi connectivity index (χ4n) is 3.86. The first-order valence-electron chi connectivity index (χ1n) is 9.44. The standard InChI is InChI=1S/C21H23Cl2N3O2/c1-28-16-6-5-15-14-26(21(27)17(15)13-16)12-9-24-7-10-25(11-8-24)19-4-2-3-18(22)20(19)23/h2-6,13H,7-12,14H2,1H3. The Hall–Kier alpha value is -1.95. The van der Waals surface area contributed by atoms with E-state index in [1.54, 1.807) is 7.11 Å². The van der Waals surface area contributed by atoms with E-state index in [-0.39, 0.29) is 5.91 Å². The summed E-state index contributed by atoms with van der Waals surface area (Å²) in [7, 11) is 1.62. The van der Waals surface area contributed by atoms with Gasteiger partial charge in [-0.05, 0) is 29.8 Å². The van der Waals surface area contributed by atoms with E-state index in [0.717, 1.165) is 61.8 Å². The van der Waals surface area contributed by atoms with Crippen LogP contribution in [-0.4, -0.2) is 62.1 Å². The zero-order chi connectivity index (χ0) is 19.7. The Bertz CT molecular complexity index is 882. The summed E-state index contributed by atoms with van der Waals surface area (Å²) in [6.07, 6.45) is 0. The highest BCUT2D eigenvalue weighted by Gasteiger charge is 2.28. The third-order valence-corrected chi connectivity index (χ3v) is 6.34. The molecule has 4 rings (SSSR count). The third-order valence-electron chi connectivity index (χ3n) is 5.53. The summed E-state index contributed by atoms with van der Waals surface area (Å²) in [5, 5.41) is 1.21. The van der Waals surface area contributed by atoms with Crippen LogP contribution in [0.1, 0.15) is 15.9 Å². The molecule has 0 radical (unpaired) electrons. The summed E-state index contributed by atoms with van der Waals surface area (Å²) >= 11 is 12.5. The molecule has 0 atom stereocenters. The van der Waals surface area contributed by atoms with Crippen LogP contribution in [0.5, 0.6) is 5.75 Å². The van der Waals surface area contributed by atoms with Crippen LogP contribution in [0.2, 0.25) is 10.0 Å². The molecule has 28 heavy (non-hydrogen) atoms. The van der Waals surface area contributed by atoms with Crippen molar-refractivity contribution >= 4 is 34.8 Å². The number of carbonyl (C=O) groups excluding carboxylic acids is 1. The molecule has 2 aliphatic rings. The number of fused-ring (bicyclic) bond motifs is 1. The first-order chi connectivity index (χ1) is 13.6. The lowest BCUT2D eigenvalue weighted by molar-refractivity contribution is 0.0756. The molecule has 2 aliphatic heterocycles. The van der Waals surface area contributed by atoms with Gasteiger partial charge in [-0.2, -0.15) is 0 Å². The maximum absolute atomic E-state index is 12.7. The number of halogens is 2. The predicted octanol–water partition coefficient (Wildman–Crippen LogP) is 3.78. The lowest BCUT2D eigenvalue weighted by Crippen LogP contribution is -2.48. The van der Waals surface area contributed by atoms with Crippen LogP contribution < -0.4 is 9.64 Å². The minimum absolute atomic E-state index is 0.0956. The molecule has 7 heteroatoms. The largest absolute Gasteiger partial charge is 0.497 e. The number of ether oxygens (including phenoxy) is 1. The van der Waals surface area contributed by atoms with Crippen molar-refractivity contribution in [2.24, 2.45) is 0 Å². The van der Waals surface area contributed by atoms with Gasteiger partial charge in [-0.25, -0.2) is 0 Å². The molecule has 1 fully saturated rings. The maximum atomic E-state index is 12.7. The van der Waals surface area contributed by atoms with Crippen LogP contribution in [-0.2, 0) is 6.54 Å². The first kappa shape index (κ1) is 19.4. The molecule has 0 aromatic heterocycles. The van der Waals surface area contributed by atoms with Crippen LogP contribution in [0.15, 0.2) is 36.4 Å². The second kappa shape index (κ2) is 8.19. The van der Waals surface area contributed by atoms with Crippen molar-refractivity contribution in [1.82, 2.24) is 9.80 Å². The molecule has 0 bridgehead atoms. The van der Waals surface area contributed by atoms with Gasteiger partial charge in [0.2, 0.25) is 0 Å². The molecule has 1 saturated heterocycles. The lowest BCUT2D eigenvalue weighted by atomic mass is 10.1. The molecular formula is C21H23Cl2N3O2. The highest BCUT2D eigenvalue weighted by Crippen LogP contribution is 2.33. The van der Waals surface area contributed by atoms with Crippen molar-refractivity contribution in [2.75, 3.05) is 51.3 Å². The normalized spacial score (nSPS) is 17.2. The van der Waals surface area contributed by atoms with E-state index in [4.69, 9.17) is 27.9 Å². The average Bonchev–Trinajstić information content (AvgIpc) is 3.04. The molecule has 0 spiro atoms. The van der Waals surface area contributed by atoms with Crippen LogP contribution >= 0.6 is 23.2 Å². The van der Waals surface area contributed by atoms with Crippen LogP contribution in [0.3, 0.4) is 0 Å². The van der Waals surface area contributed by atoms with E-state index in [2.05, 4.69) is 9.80 Å². The van der Waals surface area contributed by atoms with E-state index in [0.29, 0.717) is 16.6 Å². The second-order valence-electron chi connectivity index (χ2n) is 7.15. The van der Waals surface area contributed by atoms with Gasteiger partial charge in [0.25, 0.3) is 5.91 Å². The van der Waals surface area contributed by atoms with Crippen molar-refractivity contribution in [3.63, 3.8) is 0 Å². The number of piperazine rings is 1. The Morgan fingerprint density at radius 1 is 1.04 bits per heavy atom. The second-order valence-corrected chi connectivity index (χ2v) is 7.94. The Kier molecular flexibility index (Phi) is 5.67. The van der Waals surface area contributed by atoms with E-state index in [9.17, 15) is 4.79 Å². The van der Waals surface area contributed by atoms with Gasteiger partial charge in [0.1, 0.15) is 5.75 Å². The number of benzene rings is 2. The van der Waals surface area contributed by atoms with Gasteiger partial charge in [-0.3, -0.25) is 9.69 Å². The molecule has 2 aromatic carbocycles. The number of anilines is 1. The van der Waals surface area contributed by atoms with E-state index in [1.807, 2.05) is 41.3 Å². The monoisotopic (exact) mass is 419 g/mol. The third kappa shape index (κ3) is 3.79. The van der Waals surface area contributed by atoms with Gasteiger partial charge in [0.05, 0.1) is 22.8 Å². The molecular weight excluding hydrogens is 397 g/mol. The van der Waals surface area contributed by atoms with Crippen LogP contribution in [0.25, 0.3) is 0 Å². The van der Waals surface area contributed by atoms with Gasteiger partial charge in [-0.1, -0.05) is 35.3 Å². The Labute approximate surface area is 175 Å². The van der Waals surface area contributed by atoms with E-state index < -0.39 is 0 Å². The topological polar surface area (TPSA) is 36.0 Å². The molecule has 0 N–H and O–H groups in total. The lowest BCUT2D eigenvalue weighted by Gasteiger charge is -2.37. The van der Waals surface area contributed by atoms with Crippen molar-refractivity contribution in [1.29, 1.82) is 0 Å². The summed E-state index contributed by atoms with van der Waals surface area (Å²) in [5.74, 6) is 0.822. The smallest absolute Gasteiger partial charge is 0.254 e. The van der Waals surface area contributed by atoms with Gasteiger partial charge in [-0.15, -0.1) is 0 Å². The quantitative estimate of drug-likeness (QED) is 0.738. The van der Waals surface area contributed by atoms with Gasteiger partial charge in [0, 0.05) is 51.4 Å². The zero-order valence-corrected chi connectivity index (χ0v) is 17.3. The summed E-state index contributed by atoms with van der Waals surface area (Å²) < 4.78 is 5.24. The SMILES string of the molecule is COc1ccc2c(c1)C(=O)N(CCN1CCN(c3cccc(Cl)c3Cl)CC1)C2. The first-order valence-corrected chi connectivity index (χ1v) is 10.2. The van der Waals surface area contributed by atoms with E-state index in [1.165, 1.54) is 0 Å². The predicted molar refractivity (Wildman–Crippen MR) is 113 cm³/mol. The molecule has 2 heterocycles. The number of amides is 1. The van der Waals surface area contributed by atoms with E-state index >= 15 is 0 Å². The molecule has 0 saturated carbocycles. The van der Waals surface area contributed by atoms with Gasteiger partial charge >= 0.3 is 0 Å². The van der Waals surface area contributed by atoms with Gasteiger partial charge < -0.3 is 14.5 Å². The minimum Gasteiger partial charge on any atom is -0.497 e. The zero-order valence-electron chi connectivity index (χ0n) is 15.8. The maximum Gasteiger partial charge on any atom is 0.254 e. The Balaban J connectivity index is 1.30. The Morgan fingerprint density at radius 2 is 1.82 bits per heavy atom. The van der Waals surface area contributed by atoms with Crippen molar-refractivity contribution in [2.45, 2.75) is 6.54 Å². The highest BCUT2D eigenvalue weighted by atomic mass is 35.5. The van der Waals surface area contributed by atoms with Crippen molar-refractivity contribution in [3.05, 3.63) is 57.6 Å². The fourth-order valence-corrected chi connectivity index (χ4v) is 4.27. The summed E-state index contributed by atoms with van der Waals surface area (Å²) in [5.41, 5.74) is 2.83. The fraction of sp³-hybridized carbons (Fsp3) is 0.381. The number of hydrogen-bond donors (Lipinski definition) is 0. The number of hydrogen-bond acceptors (Lipinski definition) is 4.